The summed E-state index contributed by atoms with van der Waals surface area (Å²) in [6, 6.07) is 1.03. The zero-order valence-corrected chi connectivity index (χ0v) is 7.50. The summed E-state index contributed by atoms with van der Waals surface area (Å²) in [6.07, 6.45) is 0.738. The molecule has 0 aliphatic heterocycles. The van der Waals surface area contributed by atoms with Gasteiger partial charge in [-0.1, -0.05) is 0 Å². The Labute approximate surface area is 75.5 Å². The SMILES string of the molecule is Cc1cc(C=O)c(C)n1NC(N)=O. The Balaban J connectivity index is 3.12. The van der Waals surface area contributed by atoms with Crippen molar-refractivity contribution in [1.82, 2.24) is 4.68 Å². The quantitative estimate of drug-likeness (QED) is 0.653. The van der Waals surface area contributed by atoms with Crippen molar-refractivity contribution in [1.29, 1.82) is 0 Å². The number of hydrogen-bond acceptors (Lipinski definition) is 2. The fraction of sp³-hybridized carbons (Fsp3) is 0.250. The fourth-order valence-corrected chi connectivity index (χ4v) is 1.19. The van der Waals surface area contributed by atoms with Gasteiger partial charge in [0.25, 0.3) is 0 Å². The van der Waals surface area contributed by atoms with Crippen molar-refractivity contribution in [2.24, 2.45) is 5.73 Å². The van der Waals surface area contributed by atoms with Gasteiger partial charge in [0.1, 0.15) is 0 Å². The van der Waals surface area contributed by atoms with Crippen molar-refractivity contribution in [3.05, 3.63) is 23.0 Å². The number of amides is 2. The molecule has 13 heavy (non-hydrogen) atoms. The van der Waals surface area contributed by atoms with Crippen molar-refractivity contribution in [2.45, 2.75) is 13.8 Å². The zero-order chi connectivity index (χ0) is 10.0. The third kappa shape index (κ3) is 1.69. The molecule has 70 valence electrons. The topological polar surface area (TPSA) is 77.1 Å². The van der Waals surface area contributed by atoms with E-state index in [1.54, 1.807) is 19.9 Å². The summed E-state index contributed by atoms with van der Waals surface area (Å²) in [4.78, 5) is 21.1. The summed E-state index contributed by atoms with van der Waals surface area (Å²) in [5.74, 6) is 0. The van der Waals surface area contributed by atoms with E-state index in [0.29, 0.717) is 11.3 Å². The molecule has 1 aromatic heterocycles. The van der Waals surface area contributed by atoms with E-state index in [2.05, 4.69) is 5.43 Å². The van der Waals surface area contributed by atoms with E-state index in [4.69, 9.17) is 5.73 Å². The van der Waals surface area contributed by atoms with Gasteiger partial charge in [0, 0.05) is 17.0 Å². The molecule has 0 radical (unpaired) electrons. The predicted molar refractivity (Wildman–Crippen MR) is 48.2 cm³/mol. The Hall–Kier alpha value is -1.78. The second-order valence-electron chi connectivity index (χ2n) is 2.76. The smallest absolute Gasteiger partial charge is 0.331 e. The maximum Gasteiger partial charge on any atom is 0.331 e. The number of aromatic nitrogens is 1. The third-order valence-corrected chi connectivity index (χ3v) is 1.82. The highest BCUT2D eigenvalue weighted by atomic mass is 16.2. The molecule has 2 amide bonds. The Morgan fingerprint density at radius 3 is 2.62 bits per heavy atom. The maximum atomic E-state index is 10.6. The minimum absolute atomic E-state index is 0.547. The van der Waals surface area contributed by atoms with E-state index in [9.17, 15) is 9.59 Å². The molecule has 0 saturated heterocycles. The van der Waals surface area contributed by atoms with E-state index in [0.717, 1.165) is 12.0 Å². The van der Waals surface area contributed by atoms with Crippen molar-refractivity contribution >= 4 is 12.3 Å². The summed E-state index contributed by atoms with van der Waals surface area (Å²) in [7, 11) is 0. The molecule has 5 heteroatoms. The van der Waals surface area contributed by atoms with Crippen LogP contribution in [0, 0.1) is 13.8 Å². The van der Waals surface area contributed by atoms with Gasteiger partial charge in [0.15, 0.2) is 6.29 Å². The first kappa shape index (κ1) is 9.31. The Morgan fingerprint density at radius 1 is 1.62 bits per heavy atom. The largest absolute Gasteiger partial charge is 0.350 e. The van der Waals surface area contributed by atoms with Crippen LogP contribution in [0.4, 0.5) is 4.79 Å². The molecule has 5 nitrogen and oxygen atoms in total. The van der Waals surface area contributed by atoms with Crippen LogP contribution in [0.2, 0.25) is 0 Å². The minimum atomic E-state index is -0.653. The number of nitrogens with one attached hydrogen (secondary N) is 1. The second kappa shape index (κ2) is 3.30. The molecule has 0 aliphatic carbocycles. The molecule has 1 rings (SSSR count). The van der Waals surface area contributed by atoms with Gasteiger partial charge in [0.05, 0.1) is 0 Å². The minimum Gasteiger partial charge on any atom is -0.350 e. The number of rotatable bonds is 2. The monoisotopic (exact) mass is 181 g/mol. The van der Waals surface area contributed by atoms with E-state index < -0.39 is 6.03 Å². The van der Waals surface area contributed by atoms with Crippen LogP contribution in [-0.4, -0.2) is 17.0 Å². The summed E-state index contributed by atoms with van der Waals surface area (Å²) in [5, 5.41) is 0. The van der Waals surface area contributed by atoms with E-state index >= 15 is 0 Å². The third-order valence-electron chi connectivity index (χ3n) is 1.82. The van der Waals surface area contributed by atoms with Gasteiger partial charge >= 0.3 is 6.03 Å². The summed E-state index contributed by atoms with van der Waals surface area (Å²) in [6.45, 7) is 3.50. The number of urea groups is 1. The van der Waals surface area contributed by atoms with Crippen LogP contribution in [0.5, 0.6) is 0 Å². The molecule has 0 spiro atoms. The van der Waals surface area contributed by atoms with Gasteiger partial charge in [0.2, 0.25) is 0 Å². The lowest BCUT2D eigenvalue weighted by atomic mass is 10.3. The van der Waals surface area contributed by atoms with Gasteiger partial charge in [-0.3, -0.25) is 9.47 Å². The van der Waals surface area contributed by atoms with Crippen LogP contribution in [0.3, 0.4) is 0 Å². The van der Waals surface area contributed by atoms with Gasteiger partial charge < -0.3 is 5.73 Å². The lowest BCUT2D eigenvalue weighted by Crippen LogP contribution is -2.29. The molecule has 0 unspecified atom stereocenters. The van der Waals surface area contributed by atoms with Gasteiger partial charge in [-0.15, -0.1) is 0 Å². The molecule has 0 bridgehead atoms. The molecular formula is C8H11N3O2. The molecule has 0 atom stereocenters. The standard InChI is InChI=1S/C8H11N3O2/c1-5-3-7(4-12)6(2)11(5)10-8(9)13/h3-4H,1-2H3,(H3,9,10,13). The van der Waals surface area contributed by atoms with Crippen molar-refractivity contribution in [3.63, 3.8) is 0 Å². The van der Waals surface area contributed by atoms with E-state index in [-0.39, 0.29) is 0 Å². The maximum absolute atomic E-state index is 10.6. The highest BCUT2D eigenvalue weighted by Gasteiger charge is 2.08. The van der Waals surface area contributed by atoms with Crippen molar-refractivity contribution in [2.75, 3.05) is 5.43 Å². The number of carbonyl (C=O) groups excluding carboxylic acids is 2. The highest BCUT2D eigenvalue weighted by molar-refractivity contribution is 5.82. The first-order chi connectivity index (χ1) is 6.06. The first-order valence-corrected chi connectivity index (χ1v) is 3.77. The number of nitrogens with zero attached hydrogens (tertiary/aromatic N) is 1. The molecule has 0 fully saturated rings. The number of nitrogens with two attached hydrogens (primary N) is 1. The molecule has 0 aromatic carbocycles. The molecular weight excluding hydrogens is 170 g/mol. The van der Waals surface area contributed by atoms with E-state index in [1.165, 1.54) is 4.68 Å². The molecule has 1 heterocycles. The van der Waals surface area contributed by atoms with Crippen LogP contribution >= 0.6 is 0 Å². The molecule has 0 saturated carbocycles. The summed E-state index contributed by atoms with van der Waals surface area (Å²) < 4.78 is 1.48. The Morgan fingerprint density at radius 2 is 2.23 bits per heavy atom. The number of aryl methyl sites for hydroxylation is 1. The Bertz CT molecular complexity index is 355. The molecule has 0 aliphatic rings. The van der Waals surface area contributed by atoms with Crippen LogP contribution in [0.15, 0.2) is 6.07 Å². The number of aldehydes is 1. The van der Waals surface area contributed by atoms with Crippen LogP contribution in [0.1, 0.15) is 21.7 Å². The van der Waals surface area contributed by atoms with Crippen molar-refractivity contribution in [3.8, 4) is 0 Å². The zero-order valence-electron chi connectivity index (χ0n) is 7.50. The van der Waals surface area contributed by atoms with Crippen LogP contribution < -0.4 is 11.2 Å². The lowest BCUT2D eigenvalue weighted by molar-refractivity contribution is 0.112. The average Bonchev–Trinajstić information content (AvgIpc) is 2.31. The number of carbonyl (C=O) groups is 2. The van der Waals surface area contributed by atoms with Gasteiger partial charge in [-0.05, 0) is 19.9 Å². The molecule has 3 N–H and O–H groups in total. The van der Waals surface area contributed by atoms with Crippen molar-refractivity contribution < 1.29 is 9.59 Å². The highest BCUT2D eigenvalue weighted by Crippen LogP contribution is 2.10. The first-order valence-electron chi connectivity index (χ1n) is 3.77. The fourth-order valence-electron chi connectivity index (χ4n) is 1.19. The predicted octanol–water partition coefficient (Wildman–Crippen LogP) is 0.540. The second-order valence-corrected chi connectivity index (χ2v) is 2.76. The van der Waals surface area contributed by atoms with Gasteiger partial charge in [-0.2, -0.15) is 0 Å². The molecule has 1 aromatic rings. The van der Waals surface area contributed by atoms with Crippen LogP contribution in [0.25, 0.3) is 0 Å². The number of primary amides is 1. The van der Waals surface area contributed by atoms with Gasteiger partial charge in [-0.25, -0.2) is 10.2 Å². The Kier molecular flexibility index (Phi) is 2.36. The number of hydrogen-bond donors (Lipinski definition) is 2. The normalized spacial score (nSPS) is 9.69. The average molecular weight is 181 g/mol. The summed E-state index contributed by atoms with van der Waals surface area (Å²) in [5.41, 5.74) is 9.33. The van der Waals surface area contributed by atoms with Crippen LogP contribution in [-0.2, 0) is 0 Å². The summed E-state index contributed by atoms with van der Waals surface area (Å²) >= 11 is 0. The lowest BCUT2D eigenvalue weighted by Gasteiger charge is -2.07. The van der Waals surface area contributed by atoms with E-state index in [1.807, 2.05) is 0 Å².